The van der Waals surface area contributed by atoms with Crippen LogP contribution >= 0.6 is 0 Å². The van der Waals surface area contributed by atoms with Gasteiger partial charge in [-0.15, -0.1) is 0 Å². The highest BCUT2D eigenvalue weighted by Gasteiger charge is 2.43. The zero-order valence-corrected chi connectivity index (χ0v) is 15.5. The maximum Gasteiger partial charge on any atom is 0.255 e. The summed E-state index contributed by atoms with van der Waals surface area (Å²) in [6.45, 7) is 3.45. The highest BCUT2D eigenvalue weighted by molar-refractivity contribution is 6.06. The number of anilines is 1. The van der Waals surface area contributed by atoms with Gasteiger partial charge >= 0.3 is 0 Å². The predicted molar refractivity (Wildman–Crippen MR) is 99.5 cm³/mol. The molecule has 0 aliphatic carbocycles. The molecule has 1 saturated heterocycles. The molecule has 1 unspecified atom stereocenters. The fourth-order valence-corrected chi connectivity index (χ4v) is 3.92. The van der Waals surface area contributed by atoms with Gasteiger partial charge in [0.15, 0.2) is 11.6 Å². The number of nitrogens with one attached hydrogen (secondary N) is 1. The first-order valence-corrected chi connectivity index (χ1v) is 9.01. The number of fused-ring (bicyclic) bond motifs is 1. The second-order valence-corrected chi connectivity index (χ2v) is 7.18. The number of hydrogen-bond acceptors (Lipinski definition) is 5. The molecule has 3 amide bonds. The molecule has 4 rings (SSSR count). The summed E-state index contributed by atoms with van der Waals surface area (Å²) in [7, 11) is 0. The number of nitrogens with zero attached hydrogens (tertiary/aromatic N) is 2. The van der Waals surface area contributed by atoms with Crippen molar-refractivity contribution < 1.29 is 18.8 Å². The number of aryl methyl sites for hydroxylation is 1. The fourth-order valence-electron chi connectivity index (χ4n) is 3.92. The molecule has 144 valence electrons. The number of nitrogens with two attached hydrogens (primary N) is 1. The van der Waals surface area contributed by atoms with Crippen LogP contribution in [0.1, 0.15) is 47.3 Å². The predicted octanol–water partition coefficient (Wildman–Crippen LogP) is 2.10. The zero-order chi connectivity index (χ0) is 20.2. The second-order valence-electron chi connectivity index (χ2n) is 7.18. The third kappa shape index (κ3) is 2.72. The number of nitrogen functional groups attached to an aromatic ring is 1. The SMILES string of the molecule is Cc1cc(-c2ccc3c(c2)[C@@H](C)N(C2CCC(=O)NC2=O)C3=O)nc(N)c1F. The van der Waals surface area contributed by atoms with Gasteiger partial charge in [0.05, 0.1) is 11.7 Å². The van der Waals surface area contributed by atoms with Crippen LogP contribution in [0.3, 0.4) is 0 Å². The molecule has 3 heterocycles. The molecule has 28 heavy (non-hydrogen) atoms. The van der Waals surface area contributed by atoms with Crippen molar-refractivity contribution >= 4 is 23.5 Å². The van der Waals surface area contributed by atoms with Crippen molar-refractivity contribution in [1.82, 2.24) is 15.2 Å². The van der Waals surface area contributed by atoms with E-state index in [1.165, 1.54) is 4.90 Å². The minimum Gasteiger partial charge on any atom is -0.381 e. The summed E-state index contributed by atoms with van der Waals surface area (Å²) in [5, 5.41) is 2.30. The number of rotatable bonds is 2. The third-order valence-corrected chi connectivity index (χ3v) is 5.39. The number of amides is 3. The van der Waals surface area contributed by atoms with Gasteiger partial charge in [-0.05, 0) is 49.6 Å². The Morgan fingerprint density at radius 3 is 2.68 bits per heavy atom. The fraction of sp³-hybridized carbons (Fsp3) is 0.300. The van der Waals surface area contributed by atoms with E-state index < -0.39 is 17.8 Å². The molecule has 0 spiro atoms. The molecule has 2 aromatic rings. The third-order valence-electron chi connectivity index (χ3n) is 5.39. The lowest BCUT2D eigenvalue weighted by atomic mass is 9.99. The first-order chi connectivity index (χ1) is 13.3. The van der Waals surface area contributed by atoms with E-state index in [0.29, 0.717) is 28.8 Å². The van der Waals surface area contributed by atoms with Crippen LogP contribution in [0.25, 0.3) is 11.3 Å². The van der Waals surface area contributed by atoms with Crippen molar-refractivity contribution in [3.63, 3.8) is 0 Å². The number of imide groups is 1. The summed E-state index contributed by atoms with van der Waals surface area (Å²) in [5.41, 5.74) is 8.52. The maximum atomic E-state index is 13.8. The summed E-state index contributed by atoms with van der Waals surface area (Å²) in [6, 6.07) is 5.82. The van der Waals surface area contributed by atoms with Crippen LogP contribution in [0.15, 0.2) is 24.3 Å². The smallest absolute Gasteiger partial charge is 0.255 e. The molecule has 2 aliphatic rings. The lowest BCUT2D eigenvalue weighted by Crippen LogP contribution is -2.53. The summed E-state index contributed by atoms with van der Waals surface area (Å²) in [5.74, 6) is -1.74. The van der Waals surface area contributed by atoms with Crippen molar-refractivity contribution in [1.29, 1.82) is 0 Å². The molecular weight excluding hydrogens is 363 g/mol. The lowest BCUT2D eigenvalue weighted by molar-refractivity contribution is -0.137. The van der Waals surface area contributed by atoms with Crippen LogP contribution in [0.4, 0.5) is 10.2 Å². The van der Waals surface area contributed by atoms with E-state index in [9.17, 15) is 18.8 Å². The van der Waals surface area contributed by atoms with Gasteiger partial charge in [-0.25, -0.2) is 9.37 Å². The summed E-state index contributed by atoms with van der Waals surface area (Å²) < 4.78 is 13.8. The largest absolute Gasteiger partial charge is 0.381 e. The van der Waals surface area contributed by atoms with Gasteiger partial charge in [0.25, 0.3) is 5.91 Å². The lowest BCUT2D eigenvalue weighted by Gasteiger charge is -2.32. The molecule has 0 bridgehead atoms. The molecule has 3 N–H and O–H groups in total. The Balaban J connectivity index is 1.71. The number of halogens is 1. The number of carbonyl (C=O) groups is 3. The van der Waals surface area contributed by atoms with Crippen molar-refractivity contribution in [3.05, 3.63) is 46.8 Å². The van der Waals surface area contributed by atoms with Crippen LogP contribution in [0.2, 0.25) is 0 Å². The van der Waals surface area contributed by atoms with E-state index in [1.807, 2.05) is 13.0 Å². The minimum atomic E-state index is -0.683. The Bertz CT molecular complexity index is 1010. The van der Waals surface area contributed by atoms with Crippen LogP contribution in [-0.4, -0.2) is 33.6 Å². The number of hydrogen-bond donors (Lipinski definition) is 2. The van der Waals surface area contributed by atoms with Gasteiger partial charge < -0.3 is 10.6 Å². The summed E-state index contributed by atoms with van der Waals surface area (Å²) >= 11 is 0. The zero-order valence-electron chi connectivity index (χ0n) is 15.5. The number of piperidine rings is 1. The van der Waals surface area contributed by atoms with E-state index in [0.717, 1.165) is 5.56 Å². The van der Waals surface area contributed by atoms with Gasteiger partial charge in [0.2, 0.25) is 11.8 Å². The minimum absolute atomic E-state index is 0.176. The molecule has 0 saturated carbocycles. The Morgan fingerprint density at radius 2 is 2.00 bits per heavy atom. The number of carbonyl (C=O) groups excluding carboxylic acids is 3. The molecule has 1 aromatic carbocycles. The number of benzene rings is 1. The Hall–Kier alpha value is -3.29. The van der Waals surface area contributed by atoms with E-state index in [1.54, 1.807) is 25.1 Å². The monoisotopic (exact) mass is 382 g/mol. The first kappa shape index (κ1) is 18.1. The Morgan fingerprint density at radius 1 is 1.25 bits per heavy atom. The van der Waals surface area contributed by atoms with Crippen LogP contribution in [0.5, 0.6) is 0 Å². The van der Waals surface area contributed by atoms with E-state index >= 15 is 0 Å². The molecule has 8 heteroatoms. The van der Waals surface area contributed by atoms with Crippen LogP contribution < -0.4 is 11.1 Å². The van der Waals surface area contributed by atoms with E-state index in [4.69, 9.17) is 5.73 Å². The topological polar surface area (TPSA) is 105 Å². The van der Waals surface area contributed by atoms with Crippen molar-refractivity contribution in [2.24, 2.45) is 0 Å². The quantitative estimate of drug-likeness (QED) is 0.774. The summed E-state index contributed by atoms with van der Waals surface area (Å²) in [4.78, 5) is 42.2. The van der Waals surface area contributed by atoms with E-state index in [-0.39, 0.29) is 30.1 Å². The van der Waals surface area contributed by atoms with Gasteiger partial charge in [0, 0.05) is 17.5 Å². The first-order valence-electron chi connectivity index (χ1n) is 9.01. The van der Waals surface area contributed by atoms with Crippen LogP contribution in [-0.2, 0) is 9.59 Å². The highest BCUT2D eigenvalue weighted by atomic mass is 19.1. The van der Waals surface area contributed by atoms with E-state index in [2.05, 4.69) is 10.3 Å². The molecule has 0 radical (unpaired) electrons. The molecule has 1 fully saturated rings. The standard InChI is InChI=1S/C20H19FN4O3/c1-9-7-14(23-18(22)17(9)21)11-3-4-12-13(8-11)10(2)25(20(12)28)15-5-6-16(26)24-19(15)27/h3-4,7-8,10,15H,5-6H2,1-2H3,(H2,22,23)(H,24,26,27)/t10-,15?/m1/s1. The Labute approximate surface area is 160 Å². The van der Waals surface area contributed by atoms with Gasteiger partial charge in [0.1, 0.15) is 6.04 Å². The normalized spacial score (nSPS) is 21.7. The molecule has 2 atom stereocenters. The maximum absolute atomic E-state index is 13.8. The second kappa shape index (κ2) is 6.40. The number of aromatic nitrogens is 1. The van der Waals surface area contributed by atoms with Gasteiger partial charge in [-0.1, -0.05) is 6.07 Å². The molecule has 1 aromatic heterocycles. The summed E-state index contributed by atoms with van der Waals surface area (Å²) in [6.07, 6.45) is 0.503. The average Bonchev–Trinajstić information content (AvgIpc) is 2.90. The van der Waals surface area contributed by atoms with Crippen molar-refractivity contribution in [3.8, 4) is 11.3 Å². The number of pyridine rings is 1. The Kier molecular flexibility index (Phi) is 4.14. The van der Waals surface area contributed by atoms with Gasteiger partial charge in [-0.2, -0.15) is 0 Å². The van der Waals surface area contributed by atoms with Crippen molar-refractivity contribution in [2.45, 2.75) is 38.8 Å². The average molecular weight is 382 g/mol. The van der Waals surface area contributed by atoms with Crippen LogP contribution in [0, 0.1) is 12.7 Å². The molecule has 2 aliphatic heterocycles. The van der Waals surface area contributed by atoms with Crippen molar-refractivity contribution in [2.75, 3.05) is 5.73 Å². The molecular formula is C20H19FN4O3. The van der Waals surface area contributed by atoms with Gasteiger partial charge in [-0.3, -0.25) is 19.7 Å². The highest BCUT2D eigenvalue weighted by Crippen LogP contribution is 2.38. The molecule has 7 nitrogen and oxygen atoms in total.